The van der Waals surface area contributed by atoms with Gasteiger partial charge < -0.3 is 10.1 Å². The molecule has 0 aromatic carbocycles. The molecule has 0 amide bonds. The van der Waals surface area contributed by atoms with E-state index in [-0.39, 0.29) is 0 Å². The topological polar surface area (TPSA) is 21.3 Å². The number of ether oxygens (including phenoxy) is 1. The van der Waals surface area contributed by atoms with Crippen LogP contribution in [-0.4, -0.2) is 26.3 Å². The van der Waals surface area contributed by atoms with E-state index in [1.807, 2.05) is 0 Å². The lowest BCUT2D eigenvalue weighted by atomic mass is 9.98. The van der Waals surface area contributed by atoms with E-state index in [2.05, 4.69) is 25.2 Å². The third kappa shape index (κ3) is 4.44. The predicted molar refractivity (Wildman–Crippen MR) is 55.8 cm³/mol. The summed E-state index contributed by atoms with van der Waals surface area (Å²) in [6.45, 7) is 8.32. The van der Waals surface area contributed by atoms with Crippen molar-refractivity contribution in [2.75, 3.05) is 26.3 Å². The summed E-state index contributed by atoms with van der Waals surface area (Å²) in [7, 11) is 0. The van der Waals surface area contributed by atoms with Gasteiger partial charge in [0.05, 0.1) is 0 Å². The number of hydrogen-bond acceptors (Lipinski definition) is 2. The highest BCUT2D eigenvalue weighted by Crippen LogP contribution is 2.17. The number of allylic oxidation sites excluding steroid dienone is 1. The third-order valence-electron chi connectivity index (χ3n) is 2.44. The van der Waals surface area contributed by atoms with Gasteiger partial charge in [-0.15, -0.1) is 0 Å². The first kappa shape index (κ1) is 10.7. The standard InChI is InChI=1S/C11H21NO/c1-3-12-9-10(2)8-11-4-6-13-7-5-11/h8,11-12H,3-7,9H2,1-2H3. The molecule has 1 heterocycles. The summed E-state index contributed by atoms with van der Waals surface area (Å²) in [5, 5.41) is 3.34. The molecular formula is C11H21NO. The van der Waals surface area contributed by atoms with Crippen molar-refractivity contribution in [3.63, 3.8) is 0 Å². The lowest BCUT2D eigenvalue weighted by Gasteiger charge is -2.19. The molecule has 0 aromatic heterocycles. The summed E-state index contributed by atoms with van der Waals surface area (Å²) in [4.78, 5) is 0. The normalized spacial score (nSPS) is 20.6. The molecule has 1 N–H and O–H groups in total. The average Bonchev–Trinajstić information content (AvgIpc) is 2.16. The summed E-state index contributed by atoms with van der Waals surface area (Å²) in [5.41, 5.74) is 1.47. The summed E-state index contributed by atoms with van der Waals surface area (Å²) in [5.74, 6) is 0.757. The number of nitrogens with one attached hydrogen (secondary N) is 1. The van der Waals surface area contributed by atoms with Crippen LogP contribution in [0.3, 0.4) is 0 Å². The van der Waals surface area contributed by atoms with E-state index < -0.39 is 0 Å². The minimum Gasteiger partial charge on any atom is -0.381 e. The monoisotopic (exact) mass is 183 g/mol. The van der Waals surface area contributed by atoms with E-state index in [0.717, 1.165) is 32.2 Å². The van der Waals surface area contributed by atoms with Gasteiger partial charge in [0.25, 0.3) is 0 Å². The Morgan fingerprint density at radius 1 is 1.46 bits per heavy atom. The average molecular weight is 183 g/mol. The van der Waals surface area contributed by atoms with Crippen LogP contribution >= 0.6 is 0 Å². The second-order valence-corrected chi connectivity index (χ2v) is 3.74. The molecule has 1 fully saturated rings. The Morgan fingerprint density at radius 2 is 2.15 bits per heavy atom. The Labute approximate surface area is 81.4 Å². The zero-order chi connectivity index (χ0) is 9.52. The highest BCUT2D eigenvalue weighted by Gasteiger charge is 2.10. The molecule has 0 aromatic rings. The van der Waals surface area contributed by atoms with Crippen molar-refractivity contribution >= 4 is 0 Å². The van der Waals surface area contributed by atoms with E-state index in [4.69, 9.17) is 4.74 Å². The quantitative estimate of drug-likeness (QED) is 0.673. The van der Waals surface area contributed by atoms with Gasteiger partial charge in [0.1, 0.15) is 0 Å². The maximum Gasteiger partial charge on any atom is 0.0471 e. The fourth-order valence-electron chi connectivity index (χ4n) is 1.67. The van der Waals surface area contributed by atoms with Gasteiger partial charge in [-0.1, -0.05) is 18.6 Å². The molecule has 0 unspecified atom stereocenters. The molecule has 0 saturated carbocycles. The molecule has 1 saturated heterocycles. The van der Waals surface area contributed by atoms with E-state index in [1.165, 1.54) is 18.4 Å². The molecule has 0 spiro atoms. The van der Waals surface area contributed by atoms with Gasteiger partial charge in [-0.05, 0) is 32.2 Å². The fourth-order valence-corrected chi connectivity index (χ4v) is 1.67. The van der Waals surface area contributed by atoms with E-state index >= 15 is 0 Å². The molecule has 0 aliphatic carbocycles. The minimum atomic E-state index is 0.757. The Hall–Kier alpha value is -0.340. The predicted octanol–water partition coefficient (Wildman–Crippen LogP) is 1.97. The molecule has 0 radical (unpaired) electrons. The van der Waals surface area contributed by atoms with E-state index in [0.29, 0.717) is 0 Å². The molecule has 13 heavy (non-hydrogen) atoms. The van der Waals surface area contributed by atoms with Crippen molar-refractivity contribution in [3.05, 3.63) is 11.6 Å². The maximum absolute atomic E-state index is 5.32. The third-order valence-corrected chi connectivity index (χ3v) is 2.44. The van der Waals surface area contributed by atoms with Crippen LogP contribution < -0.4 is 5.32 Å². The van der Waals surface area contributed by atoms with Crippen molar-refractivity contribution in [2.45, 2.75) is 26.7 Å². The molecule has 2 heteroatoms. The molecule has 1 rings (SSSR count). The van der Waals surface area contributed by atoms with Gasteiger partial charge >= 0.3 is 0 Å². The maximum atomic E-state index is 5.32. The smallest absolute Gasteiger partial charge is 0.0471 e. The van der Waals surface area contributed by atoms with Crippen LogP contribution in [-0.2, 0) is 4.74 Å². The second kappa shape index (κ2) is 6.17. The van der Waals surface area contributed by atoms with Crippen molar-refractivity contribution in [3.8, 4) is 0 Å². The van der Waals surface area contributed by atoms with Gasteiger partial charge in [-0.2, -0.15) is 0 Å². The van der Waals surface area contributed by atoms with Crippen LogP contribution in [0, 0.1) is 5.92 Å². The number of hydrogen-bond donors (Lipinski definition) is 1. The van der Waals surface area contributed by atoms with Crippen molar-refractivity contribution in [2.24, 2.45) is 5.92 Å². The number of rotatable bonds is 4. The molecule has 0 atom stereocenters. The zero-order valence-electron chi connectivity index (χ0n) is 8.81. The second-order valence-electron chi connectivity index (χ2n) is 3.74. The van der Waals surface area contributed by atoms with Crippen LogP contribution in [0.2, 0.25) is 0 Å². The number of likely N-dealkylation sites (N-methyl/N-ethyl adjacent to an activating group) is 1. The summed E-state index contributed by atoms with van der Waals surface area (Å²) >= 11 is 0. The summed E-state index contributed by atoms with van der Waals surface area (Å²) in [6, 6.07) is 0. The van der Waals surface area contributed by atoms with Gasteiger partial charge in [-0.25, -0.2) is 0 Å². The van der Waals surface area contributed by atoms with Gasteiger partial charge in [-0.3, -0.25) is 0 Å². The Bertz CT molecular complexity index is 159. The van der Waals surface area contributed by atoms with Gasteiger partial charge in [0.2, 0.25) is 0 Å². The van der Waals surface area contributed by atoms with Crippen LogP contribution in [0.25, 0.3) is 0 Å². The Kier molecular flexibility index (Phi) is 5.09. The molecule has 2 nitrogen and oxygen atoms in total. The molecule has 0 bridgehead atoms. The fraction of sp³-hybridized carbons (Fsp3) is 0.818. The van der Waals surface area contributed by atoms with Crippen molar-refractivity contribution in [1.82, 2.24) is 5.32 Å². The molecular weight excluding hydrogens is 162 g/mol. The first-order chi connectivity index (χ1) is 6.33. The van der Waals surface area contributed by atoms with Crippen molar-refractivity contribution in [1.29, 1.82) is 0 Å². The lowest BCUT2D eigenvalue weighted by molar-refractivity contribution is 0.0783. The van der Waals surface area contributed by atoms with E-state index in [1.54, 1.807) is 0 Å². The van der Waals surface area contributed by atoms with Crippen LogP contribution in [0.1, 0.15) is 26.7 Å². The van der Waals surface area contributed by atoms with Crippen molar-refractivity contribution < 1.29 is 4.74 Å². The summed E-state index contributed by atoms with van der Waals surface area (Å²) < 4.78 is 5.32. The lowest BCUT2D eigenvalue weighted by Crippen LogP contribution is -2.18. The largest absolute Gasteiger partial charge is 0.381 e. The zero-order valence-corrected chi connectivity index (χ0v) is 8.81. The van der Waals surface area contributed by atoms with Gasteiger partial charge in [0, 0.05) is 19.8 Å². The highest BCUT2D eigenvalue weighted by atomic mass is 16.5. The molecule has 76 valence electrons. The highest BCUT2D eigenvalue weighted by molar-refractivity contribution is 5.03. The molecule has 1 aliphatic rings. The minimum absolute atomic E-state index is 0.757. The Morgan fingerprint density at radius 3 is 2.77 bits per heavy atom. The van der Waals surface area contributed by atoms with Crippen LogP contribution in [0.4, 0.5) is 0 Å². The molecule has 1 aliphatic heterocycles. The Balaban J connectivity index is 2.25. The summed E-state index contributed by atoms with van der Waals surface area (Å²) in [6.07, 6.45) is 4.80. The first-order valence-corrected chi connectivity index (χ1v) is 5.28. The SMILES string of the molecule is CCNCC(C)=CC1CCOCC1. The van der Waals surface area contributed by atoms with E-state index in [9.17, 15) is 0 Å². The van der Waals surface area contributed by atoms with Crippen LogP contribution in [0.5, 0.6) is 0 Å². The first-order valence-electron chi connectivity index (χ1n) is 5.28. The van der Waals surface area contributed by atoms with Crippen LogP contribution in [0.15, 0.2) is 11.6 Å². The van der Waals surface area contributed by atoms with Gasteiger partial charge in [0.15, 0.2) is 0 Å².